The van der Waals surface area contributed by atoms with Gasteiger partial charge in [0.25, 0.3) is 0 Å². The van der Waals surface area contributed by atoms with Gasteiger partial charge in [0, 0.05) is 4.47 Å². The first kappa shape index (κ1) is 17.2. The van der Waals surface area contributed by atoms with E-state index in [1.807, 2.05) is 54.6 Å². The van der Waals surface area contributed by atoms with Crippen molar-refractivity contribution in [1.82, 2.24) is 10.6 Å². The number of urea groups is 1. The van der Waals surface area contributed by atoms with E-state index < -0.39 is 12.0 Å². The van der Waals surface area contributed by atoms with E-state index >= 15 is 0 Å². The van der Waals surface area contributed by atoms with Crippen molar-refractivity contribution in [1.29, 1.82) is 0 Å². The third kappa shape index (κ3) is 3.74. The van der Waals surface area contributed by atoms with Crippen molar-refractivity contribution < 1.29 is 14.3 Å². The lowest BCUT2D eigenvalue weighted by Crippen LogP contribution is -2.45. The van der Waals surface area contributed by atoms with Crippen LogP contribution in [0.25, 0.3) is 5.70 Å². The van der Waals surface area contributed by atoms with Crippen LogP contribution in [0.5, 0.6) is 0 Å². The molecule has 1 aliphatic rings. The van der Waals surface area contributed by atoms with Gasteiger partial charge < -0.3 is 15.4 Å². The van der Waals surface area contributed by atoms with E-state index in [9.17, 15) is 9.59 Å². The molecule has 1 atom stereocenters. The van der Waals surface area contributed by atoms with Gasteiger partial charge in [0.1, 0.15) is 0 Å². The number of carbonyl (C=O) groups is 2. The predicted molar refractivity (Wildman–Crippen MR) is 98.5 cm³/mol. The lowest BCUT2D eigenvalue weighted by molar-refractivity contribution is -0.138. The maximum Gasteiger partial charge on any atom is 0.338 e. The van der Waals surface area contributed by atoms with Crippen molar-refractivity contribution in [3.05, 3.63) is 75.8 Å². The lowest BCUT2D eigenvalue weighted by atomic mass is 9.93. The molecule has 2 N–H and O–H groups in total. The maximum atomic E-state index is 12.7. The van der Waals surface area contributed by atoms with E-state index in [-0.39, 0.29) is 12.6 Å². The molecule has 5 nitrogen and oxygen atoms in total. The summed E-state index contributed by atoms with van der Waals surface area (Å²) in [7, 11) is 0. The zero-order valence-electron chi connectivity index (χ0n) is 13.6. The van der Waals surface area contributed by atoms with Crippen molar-refractivity contribution in [2.75, 3.05) is 6.61 Å². The smallest absolute Gasteiger partial charge is 0.338 e. The highest BCUT2D eigenvalue weighted by Crippen LogP contribution is 2.32. The molecule has 2 aromatic carbocycles. The van der Waals surface area contributed by atoms with Crippen LogP contribution in [-0.2, 0) is 9.53 Å². The molecule has 128 valence electrons. The van der Waals surface area contributed by atoms with E-state index in [1.165, 1.54) is 0 Å². The van der Waals surface area contributed by atoms with Crippen LogP contribution in [0.1, 0.15) is 24.1 Å². The van der Waals surface area contributed by atoms with Crippen LogP contribution in [-0.4, -0.2) is 18.6 Å². The standard InChI is InChI=1S/C19H17BrN2O3/c1-2-25-18(23)15-16(12-7-4-3-5-8-12)21-19(24)22-17(15)13-9-6-10-14(20)11-13/h3-11,17H,2H2,1H3,(H2,21,22,24). The highest BCUT2D eigenvalue weighted by atomic mass is 79.9. The average molecular weight is 401 g/mol. The lowest BCUT2D eigenvalue weighted by Gasteiger charge is -2.29. The Hall–Kier alpha value is -2.60. The summed E-state index contributed by atoms with van der Waals surface area (Å²) in [6.45, 7) is 2.01. The number of benzene rings is 2. The first-order chi connectivity index (χ1) is 12.1. The normalized spacial score (nSPS) is 16.9. The molecule has 1 aliphatic heterocycles. The largest absolute Gasteiger partial charge is 0.463 e. The summed E-state index contributed by atoms with van der Waals surface area (Å²) in [6.07, 6.45) is 0. The molecule has 1 heterocycles. The van der Waals surface area contributed by atoms with Gasteiger partial charge in [-0.2, -0.15) is 0 Å². The Balaban J connectivity index is 2.18. The molecule has 0 saturated heterocycles. The number of carbonyl (C=O) groups excluding carboxylic acids is 2. The summed E-state index contributed by atoms with van der Waals surface area (Å²) in [5, 5.41) is 5.57. The molecule has 0 aliphatic carbocycles. The zero-order chi connectivity index (χ0) is 17.8. The number of esters is 1. The average Bonchev–Trinajstić information content (AvgIpc) is 2.62. The van der Waals surface area contributed by atoms with E-state index in [2.05, 4.69) is 26.6 Å². The van der Waals surface area contributed by atoms with E-state index in [0.29, 0.717) is 11.3 Å². The molecule has 0 saturated carbocycles. The van der Waals surface area contributed by atoms with Crippen molar-refractivity contribution in [2.24, 2.45) is 0 Å². The van der Waals surface area contributed by atoms with Crippen molar-refractivity contribution in [3.63, 3.8) is 0 Å². The van der Waals surface area contributed by atoms with E-state index in [4.69, 9.17) is 4.74 Å². The van der Waals surface area contributed by atoms with Gasteiger partial charge in [-0.05, 0) is 30.2 Å². The topological polar surface area (TPSA) is 67.4 Å². The number of hydrogen-bond donors (Lipinski definition) is 2. The second kappa shape index (κ2) is 7.53. The molecule has 2 aromatic rings. The van der Waals surface area contributed by atoms with E-state index in [1.54, 1.807) is 6.92 Å². The minimum atomic E-state index is -0.597. The van der Waals surface area contributed by atoms with Crippen LogP contribution >= 0.6 is 15.9 Å². The van der Waals surface area contributed by atoms with Crippen molar-refractivity contribution in [3.8, 4) is 0 Å². The second-order valence-electron chi connectivity index (χ2n) is 5.46. The molecule has 3 rings (SSSR count). The second-order valence-corrected chi connectivity index (χ2v) is 6.38. The summed E-state index contributed by atoms with van der Waals surface area (Å²) in [5.74, 6) is -0.459. The fourth-order valence-corrected chi connectivity index (χ4v) is 3.18. The number of nitrogens with one attached hydrogen (secondary N) is 2. The Labute approximate surface area is 154 Å². The third-order valence-corrected chi connectivity index (χ3v) is 4.31. The minimum absolute atomic E-state index is 0.254. The van der Waals surface area contributed by atoms with E-state index in [0.717, 1.165) is 15.6 Å². The fraction of sp³-hybridized carbons (Fsp3) is 0.158. The molecule has 25 heavy (non-hydrogen) atoms. The van der Waals surface area contributed by atoms with Gasteiger partial charge in [0.2, 0.25) is 0 Å². The maximum absolute atomic E-state index is 12.7. The highest BCUT2D eigenvalue weighted by Gasteiger charge is 2.34. The molecule has 0 fully saturated rings. The van der Waals surface area contributed by atoms with Gasteiger partial charge in [-0.1, -0.05) is 58.4 Å². The SMILES string of the molecule is CCOC(=O)C1=C(c2ccccc2)NC(=O)NC1c1cccc(Br)c1. The molecular formula is C19H17BrN2O3. The summed E-state index contributed by atoms with van der Waals surface area (Å²) in [4.78, 5) is 24.9. The van der Waals surface area contributed by atoms with Crippen LogP contribution in [0, 0.1) is 0 Å². The van der Waals surface area contributed by atoms with Crippen LogP contribution in [0.4, 0.5) is 4.79 Å². The molecule has 0 aromatic heterocycles. The first-order valence-corrected chi connectivity index (χ1v) is 8.69. The molecule has 1 unspecified atom stereocenters. The minimum Gasteiger partial charge on any atom is -0.463 e. The summed E-state index contributed by atoms with van der Waals surface area (Å²) < 4.78 is 6.11. The van der Waals surface area contributed by atoms with Crippen LogP contribution in [0.15, 0.2) is 64.6 Å². The number of ether oxygens (including phenoxy) is 1. The molecule has 6 heteroatoms. The molecule has 0 bridgehead atoms. The van der Waals surface area contributed by atoms with Gasteiger partial charge in [0.05, 0.1) is 23.9 Å². The number of amides is 2. The molecule has 0 radical (unpaired) electrons. The molecule has 0 spiro atoms. The summed E-state index contributed by atoms with van der Waals surface area (Å²) in [5.41, 5.74) is 2.39. The van der Waals surface area contributed by atoms with Crippen LogP contribution in [0.2, 0.25) is 0 Å². The van der Waals surface area contributed by atoms with Gasteiger partial charge in [0.15, 0.2) is 0 Å². The van der Waals surface area contributed by atoms with Gasteiger partial charge in [-0.25, -0.2) is 9.59 Å². The Kier molecular flexibility index (Phi) is 5.19. The van der Waals surface area contributed by atoms with Crippen LogP contribution < -0.4 is 10.6 Å². The Morgan fingerprint density at radius 2 is 1.92 bits per heavy atom. The monoisotopic (exact) mass is 400 g/mol. The molecule has 2 amide bonds. The number of halogens is 1. The Morgan fingerprint density at radius 3 is 2.60 bits per heavy atom. The fourth-order valence-electron chi connectivity index (χ4n) is 2.76. The summed E-state index contributed by atoms with van der Waals surface area (Å²) >= 11 is 3.43. The number of rotatable bonds is 4. The van der Waals surface area contributed by atoms with Crippen molar-refractivity contribution in [2.45, 2.75) is 13.0 Å². The Morgan fingerprint density at radius 1 is 1.16 bits per heavy atom. The molecular weight excluding hydrogens is 384 g/mol. The number of hydrogen-bond acceptors (Lipinski definition) is 3. The van der Waals surface area contributed by atoms with Crippen LogP contribution in [0.3, 0.4) is 0 Å². The van der Waals surface area contributed by atoms with Gasteiger partial charge in [-0.15, -0.1) is 0 Å². The predicted octanol–water partition coefficient (Wildman–Crippen LogP) is 3.78. The van der Waals surface area contributed by atoms with Gasteiger partial charge in [-0.3, -0.25) is 0 Å². The first-order valence-electron chi connectivity index (χ1n) is 7.90. The Bertz CT molecular complexity index is 834. The highest BCUT2D eigenvalue weighted by molar-refractivity contribution is 9.10. The van der Waals surface area contributed by atoms with Gasteiger partial charge >= 0.3 is 12.0 Å². The zero-order valence-corrected chi connectivity index (χ0v) is 15.2. The van der Waals surface area contributed by atoms with Crippen molar-refractivity contribution >= 4 is 33.6 Å². The quantitative estimate of drug-likeness (QED) is 0.767. The third-order valence-electron chi connectivity index (χ3n) is 3.81. The summed E-state index contributed by atoms with van der Waals surface area (Å²) in [6, 6.07) is 15.8.